The highest BCUT2D eigenvalue weighted by molar-refractivity contribution is 7.13. The van der Waals surface area contributed by atoms with Gasteiger partial charge in [0.15, 0.2) is 10.8 Å². The molecule has 21 heavy (non-hydrogen) atoms. The molecule has 0 spiro atoms. The number of benzene rings is 1. The van der Waals surface area contributed by atoms with Crippen LogP contribution in [-0.2, 0) is 12.7 Å². The molecule has 2 heterocycles. The predicted molar refractivity (Wildman–Crippen MR) is 73.4 cm³/mol. The van der Waals surface area contributed by atoms with Gasteiger partial charge in [0.05, 0.1) is 11.0 Å². The average Bonchev–Trinajstić information content (AvgIpc) is 3.00. The second kappa shape index (κ2) is 4.92. The number of fused-ring (bicyclic) bond motifs is 1. The highest BCUT2D eigenvalue weighted by Crippen LogP contribution is 2.31. The number of anilines is 1. The number of nitrogens with zero attached hydrogens (tertiary/aromatic N) is 1. The van der Waals surface area contributed by atoms with Crippen LogP contribution in [0.25, 0.3) is 11.0 Å². The van der Waals surface area contributed by atoms with Crippen LogP contribution < -0.4 is 11.0 Å². The normalized spacial score (nSPS) is 12.0. The van der Waals surface area contributed by atoms with Crippen LogP contribution in [0, 0.1) is 0 Å². The maximum atomic E-state index is 12.4. The summed E-state index contributed by atoms with van der Waals surface area (Å²) in [6.07, 6.45) is -4.43. The first kappa shape index (κ1) is 13.7. The molecule has 0 radical (unpaired) electrons. The first-order chi connectivity index (χ1) is 9.91. The standard InChI is InChI=1S/C12H9F3N4OS/c13-12(14,15)9-5-21-11(19-9)16-4-6-1-2-7-8(3-6)18-10(20)17-7/h1-3,5H,4H2,(H,16,19)(H2,17,18,20). The lowest BCUT2D eigenvalue weighted by Gasteiger charge is -2.03. The van der Waals surface area contributed by atoms with Crippen molar-refractivity contribution in [3.8, 4) is 0 Å². The molecular weight excluding hydrogens is 305 g/mol. The molecule has 0 aliphatic carbocycles. The second-order valence-electron chi connectivity index (χ2n) is 4.35. The highest BCUT2D eigenvalue weighted by Gasteiger charge is 2.33. The Balaban J connectivity index is 1.74. The van der Waals surface area contributed by atoms with Crippen LogP contribution in [0.1, 0.15) is 11.3 Å². The zero-order valence-corrected chi connectivity index (χ0v) is 11.2. The Kier molecular flexibility index (Phi) is 3.20. The van der Waals surface area contributed by atoms with Gasteiger partial charge >= 0.3 is 11.9 Å². The number of alkyl halides is 3. The SMILES string of the molecule is O=c1[nH]c2ccc(CNc3nc(C(F)(F)F)cs3)cc2[nH]1. The van der Waals surface area contributed by atoms with E-state index in [9.17, 15) is 18.0 Å². The minimum Gasteiger partial charge on any atom is -0.357 e. The Morgan fingerprint density at radius 3 is 2.71 bits per heavy atom. The number of halogens is 3. The van der Waals surface area contributed by atoms with Gasteiger partial charge in [-0.05, 0) is 17.7 Å². The molecule has 1 aromatic carbocycles. The van der Waals surface area contributed by atoms with Gasteiger partial charge in [0.1, 0.15) is 0 Å². The summed E-state index contributed by atoms with van der Waals surface area (Å²) in [6, 6.07) is 5.25. The molecule has 0 bridgehead atoms. The fourth-order valence-corrected chi connectivity index (χ4v) is 2.57. The number of imidazole rings is 1. The average molecular weight is 314 g/mol. The van der Waals surface area contributed by atoms with E-state index in [1.54, 1.807) is 18.2 Å². The zero-order chi connectivity index (χ0) is 15.0. The van der Waals surface area contributed by atoms with Crippen LogP contribution >= 0.6 is 11.3 Å². The number of aromatic nitrogens is 3. The third-order valence-corrected chi connectivity index (χ3v) is 3.62. The first-order valence-electron chi connectivity index (χ1n) is 5.89. The molecule has 3 rings (SSSR count). The summed E-state index contributed by atoms with van der Waals surface area (Å²) in [5, 5.41) is 4.00. The van der Waals surface area contributed by atoms with Gasteiger partial charge in [-0.25, -0.2) is 9.78 Å². The minimum absolute atomic E-state index is 0.199. The number of H-pyrrole nitrogens is 2. The third kappa shape index (κ3) is 2.92. The molecule has 0 aliphatic heterocycles. The molecule has 0 unspecified atom stereocenters. The van der Waals surface area contributed by atoms with E-state index in [1.165, 1.54) is 0 Å². The summed E-state index contributed by atoms with van der Waals surface area (Å²) in [5.41, 5.74) is 0.943. The van der Waals surface area contributed by atoms with Crippen LogP contribution in [0.5, 0.6) is 0 Å². The molecule has 0 saturated carbocycles. The van der Waals surface area contributed by atoms with Crippen molar-refractivity contribution in [1.29, 1.82) is 0 Å². The van der Waals surface area contributed by atoms with E-state index in [2.05, 4.69) is 20.3 Å². The number of hydrogen-bond donors (Lipinski definition) is 3. The molecule has 3 aromatic rings. The fraction of sp³-hybridized carbons (Fsp3) is 0.167. The predicted octanol–water partition coefficient (Wildman–Crippen LogP) is 2.94. The topological polar surface area (TPSA) is 73.6 Å². The molecule has 0 amide bonds. The number of hydrogen-bond acceptors (Lipinski definition) is 4. The van der Waals surface area contributed by atoms with Crippen molar-refractivity contribution in [2.75, 3.05) is 5.32 Å². The van der Waals surface area contributed by atoms with Crippen molar-refractivity contribution >= 4 is 27.5 Å². The molecule has 2 aromatic heterocycles. The summed E-state index contributed by atoms with van der Waals surface area (Å²) in [5.74, 6) is 0. The van der Waals surface area contributed by atoms with Crippen molar-refractivity contribution in [3.63, 3.8) is 0 Å². The molecule has 0 atom stereocenters. The quantitative estimate of drug-likeness (QED) is 0.696. The lowest BCUT2D eigenvalue weighted by Crippen LogP contribution is -2.06. The first-order valence-corrected chi connectivity index (χ1v) is 6.77. The minimum atomic E-state index is -4.43. The van der Waals surface area contributed by atoms with E-state index in [-0.39, 0.29) is 10.8 Å². The Morgan fingerprint density at radius 1 is 1.24 bits per heavy atom. The third-order valence-electron chi connectivity index (χ3n) is 2.82. The van der Waals surface area contributed by atoms with Crippen LogP contribution in [0.3, 0.4) is 0 Å². The van der Waals surface area contributed by atoms with E-state index in [0.717, 1.165) is 22.3 Å². The Labute approximate surface area is 119 Å². The van der Waals surface area contributed by atoms with Crippen LogP contribution in [0.4, 0.5) is 18.3 Å². The highest BCUT2D eigenvalue weighted by atomic mass is 32.1. The zero-order valence-electron chi connectivity index (χ0n) is 10.4. The molecule has 0 aliphatic rings. The lowest BCUT2D eigenvalue weighted by atomic mass is 10.2. The van der Waals surface area contributed by atoms with E-state index in [1.807, 2.05) is 0 Å². The smallest absolute Gasteiger partial charge is 0.357 e. The summed E-state index contributed by atoms with van der Waals surface area (Å²) < 4.78 is 37.3. The molecule has 110 valence electrons. The van der Waals surface area contributed by atoms with Gasteiger partial charge in [0.25, 0.3) is 0 Å². The summed E-state index contributed by atoms with van der Waals surface area (Å²) in [7, 11) is 0. The van der Waals surface area contributed by atoms with Crippen molar-refractivity contribution < 1.29 is 13.2 Å². The molecule has 9 heteroatoms. The van der Waals surface area contributed by atoms with E-state index < -0.39 is 11.9 Å². The second-order valence-corrected chi connectivity index (χ2v) is 5.21. The van der Waals surface area contributed by atoms with Crippen LogP contribution in [-0.4, -0.2) is 15.0 Å². The number of aromatic amines is 2. The van der Waals surface area contributed by atoms with Gasteiger partial charge in [-0.1, -0.05) is 6.07 Å². The Morgan fingerprint density at radius 2 is 2.00 bits per heavy atom. The van der Waals surface area contributed by atoms with Crippen LogP contribution in [0.2, 0.25) is 0 Å². The number of nitrogens with one attached hydrogen (secondary N) is 3. The largest absolute Gasteiger partial charge is 0.434 e. The van der Waals surface area contributed by atoms with Gasteiger partial charge in [-0.2, -0.15) is 13.2 Å². The number of rotatable bonds is 3. The maximum Gasteiger partial charge on any atom is 0.434 e. The van der Waals surface area contributed by atoms with Crippen molar-refractivity contribution in [2.45, 2.75) is 12.7 Å². The summed E-state index contributed by atoms with van der Waals surface area (Å²) >= 11 is 0.897. The number of thiazole rings is 1. The van der Waals surface area contributed by atoms with Crippen molar-refractivity contribution in [1.82, 2.24) is 15.0 Å². The lowest BCUT2D eigenvalue weighted by molar-refractivity contribution is -0.140. The van der Waals surface area contributed by atoms with Crippen LogP contribution in [0.15, 0.2) is 28.4 Å². The summed E-state index contributed by atoms with van der Waals surface area (Å²) in [4.78, 5) is 19.8. The molecular formula is C12H9F3N4OS. The maximum absolute atomic E-state index is 12.4. The summed E-state index contributed by atoms with van der Waals surface area (Å²) in [6.45, 7) is 0.313. The Bertz CT molecular complexity index is 833. The fourth-order valence-electron chi connectivity index (χ4n) is 1.85. The van der Waals surface area contributed by atoms with Gasteiger partial charge < -0.3 is 15.3 Å². The van der Waals surface area contributed by atoms with Crippen molar-refractivity contribution in [2.24, 2.45) is 0 Å². The van der Waals surface area contributed by atoms with Crippen molar-refractivity contribution in [3.05, 3.63) is 45.3 Å². The van der Waals surface area contributed by atoms with Gasteiger partial charge in [0.2, 0.25) is 0 Å². The molecule has 0 saturated heterocycles. The molecule has 3 N–H and O–H groups in total. The van der Waals surface area contributed by atoms with E-state index in [4.69, 9.17) is 0 Å². The molecule has 0 fully saturated rings. The van der Waals surface area contributed by atoms with E-state index >= 15 is 0 Å². The Hall–Kier alpha value is -2.29. The van der Waals surface area contributed by atoms with Gasteiger partial charge in [0, 0.05) is 11.9 Å². The monoisotopic (exact) mass is 314 g/mol. The molecule has 5 nitrogen and oxygen atoms in total. The van der Waals surface area contributed by atoms with Gasteiger partial charge in [-0.15, -0.1) is 11.3 Å². The van der Waals surface area contributed by atoms with E-state index in [0.29, 0.717) is 17.6 Å². The van der Waals surface area contributed by atoms with Gasteiger partial charge in [-0.3, -0.25) is 0 Å².